The molecule has 1 heterocycles. The van der Waals surface area contributed by atoms with Crippen LogP contribution in [-0.4, -0.2) is 24.2 Å². The average Bonchev–Trinajstić information content (AvgIpc) is 2.57. The van der Waals surface area contributed by atoms with Gasteiger partial charge in [0.2, 0.25) is 0 Å². The molecule has 0 aliphatic carbocycles. The van der Waals surface area contributed by atoms with Gasteiger partial charge in [-0.25, -0.2) is 4.79 Å². The molecule has 0 atom stereocenters. The van der Waals surface area contributed by atoms with Crippen molar-refractivity contribution in [2.45, 2.75) is 32.9 Å². The Morgan fingerprint density at radius 2 is 1.93 bits per heavy atom. The van der Waals surface area contributed by atoms with E-state index < -0.39 is 11.7 Å². The van der Waals surface area contributed by atoms with Gasteiger partial charge in [-0.1, -0.05) is 23.7 Å². The van der Waals surface area contributed by atoms with Crippen LogP contribution in [0.25, 0.3) is 0 Å². The highest BCUT2D eigenvalue weighted by atomic mass is 35.5. The molecule has 0 fully saturated rings. The third-order valence-corrected chi connectivity index (χ3v) is 4.05. The number of rotatable bonds is 3. The highest BCUT2D eigenvalue weighted by molar-refractivity contribution is 6.30. The Morgan fingerprint density at radius 3 is 2.59 bits per heavy atom. The Bertz CT molecular complexity index is 859. The van der Waals surface area contributed by atoms with Gasteiger partial charge in [0, 0.05) is 10.7 Å². The summed E-state index contributed by atoms with van der Waals surface area (Å²) in [6, 6.07) is 12.4. The second-order valence-electron chi connectivity index (χ2n) is 7.20. The lowest BCUT2D eigenvalue weighted by molar-refractivity contribution is -0.121. The van der Waals surface area contributed by atoms with Crippen molar-refractivity contribution in [3.63, 3.8) is 0 Å². The van der Waals surface area contributed by atoms with Gasteiger partial charge in [0.25, 0.3) is 5.91 Å². The Morgan fingerprint density at radius 1 is 1.22 bits per heavy atom. The van der Waals surface area contributed by atoms with Crippen LogP contribution in [0.4, 0.5) is 16.2 Å². The van der Waals surface area contributed by atoms with Gasteiger partial charge in [-0.05, 0) is 56.7 Å². The van der Waals surface area contributed by atoms with Crippen LogP contribution in [0.15, 0.2) is 42.5 Å². The zero-order valence-corrected chi connectivity index (χ0v) is 16.2. The number of carbonyl (C=O) groups is 2. The second-order valence-corrected chi connectivity index (χ2v) is 7.64. The number of anilines is 2. The topological polar surface area (TPSA) is 67.9 Å². The van der Waals surface area contributed by atoms with E-state index in [1.165, 1.54) is 0 Å². The molecule has 3 rings (SSSR count). The van der Waals surface area contributed by atoms with E-state index in [4.69, 9.17) is 21.1 Å². The number of hydrogen-bond acceptors (Lipinski definition) is 4. The molecule has 142 valence electrons. The monoisotopic (exact) mass is 388 g/mol. The van der Waals surface area contributed by atoms with Gasteiger partial charge in [0.05, 0.1) is 12.2 Å². The van der Waals surface area contributed by atoms with Crippen molar-refractivity contribution >= 4 is 35.0 Å². The fourth-order valence-corrected chi connectivity index (χ4v) is 2.77. The first-order valence-corrected chi connectivity index (χ1v) is 8.91. The molecule has 7 heteroatoms. The fraction of sp³-hybridized carbons (Fsp3) is 0.300. The van der Waals surface area contributed by atoms with Gasteiger partial charge in [-0.15, -0.1) is 0 Å². The van der Waals surface area contributed by atoms with Crippen LogP contribution in [0.5, 0.6) is 5.75 Å². The van der Waals surface area contributed by atoms with E-state index >= 15 is 0 Å². The molecule has 0 aromatic heterocycles. The summed E-state index contributed by atoms with van der Waals surface area (Å²) in [5, 5.41) is 3.32. The maximum Gasteiger partial charge on any atom is 0.412 e. The quantitative estimate of drug-likeness (QED) is 0.833. The summed E-state index contributed by atoms with van der Waals surface area (Å²) in [7, 11) is 0. The fourth-order valence-electron chi connectivity index (χ4n) is 2.65. The highest BCUT2D eigenvalue weighted by Gasteiger charge is 2.26. The number of carbonyl (C=O) groups excluding carboxylic acids is 2. The summed E-state index contributed by atoms with van der Waals surface area (Å²) in [4.78, 5) is 26.0. The van der Waals surface area contributed by atoms with Crippen LogP contribution in [0.2, 0.25) is 5.02 Å². The van der Waals surface area contributed by atoms with Gasteiger partial charge < -0.3 is 14.4 Å². The molecule has 1 N–H and O–H groups in total. The molecular formula is C20H21ClN2O4. The molecule has 1 aliphatic rings. The van der Waals surface area contributed by atoms with Crippen LogP contribution in [0.3, 0.4) is 0 Å². The Hall–Kier alpha value is -2.73. The molecule has 2 aromatic carbocycles. The number of nitrogens with zero attached hydrogens (tertiary/aromatic N) is 1. The normalized spacial score (nSPS) is 13.6. The first kappa shape index (κ1) is 19.0. The first-order valence-electron chi connectivity index (χ1n) is 8.53. The standard InChI is InChI=1S/C20H21ClN2O4/c1-20(2,3)27-19(25)22-15-8-9-17-16(10-15)23(18(24)12-26-17)11-13-4-6-14(21)7-5-13/h4-10H,11-12H2,1-3H3,(H,22,25). The molecular weight excluding hydrogens is 368 g/mol. The Labute approximate surface area is 163 Å². The number of amides is 2. The van der Waals surface area contributed by atoms with Crippen LogP contribution in [-0.2, 0) is 16.1 Å². The summed E-state index contributed by atoms with van der Waals surface area (Å²) < 4.78 is 10.8. The molecule has 0 bridgehead atoms. The van der Waals surface area contributed by atoms with Crippen molar-refractivity contribution in [1.29, 1.82) is 0 Å². The van der Waals surface area contributed by atoms with Gasteiger partial charge >= 0.3 is 6.09 Å². The molecule has 6 nitrogen and oxygen atoms in total. The summed E-state index contributed by atoms with van der Waals surface area (Å²) in [6.45, 7) is 5.72. The average molecular weight is 389 g/mol. The van der Waals surface area contributed by atoms with Gasteiger partial charge in [-0.3, -0.25) is 10.1 Å². The smallest absolute Gasteiger partial charge is 0.412 e. The maximum absolute atomic E-state index is 12.4. The predicted octanol–water partition coefficient (Wildman–Crippen LogP) is 4.61. The van der Waals surface area contributed by atoms with E-state index in [0.29, 0.717) is 28.7 Å². The number of benzene rings is 2. The van der Waals surface area contributed by atoms with Crippen LogP contribution in [0, 0.1) is 0 Å². The van der Waals surface area contributed by atoms with E-state index in [1.54, 1.807) is 56.0 Å². The zero-order valence-electron chi connectivity index (χ0n) is 15.4. The summed E-state index contributed by atoms with van der Waals surface area (Å²) >= 11 is 5.93. The first-order chi connectivity index (χ1) is 12.7. The molecule has 27 heavy (non-hydrogen) atoms. The minimum absolute atomic E-state index is 0.0283. The number of fused-ring (bicyclic) bond motifs is 1. The van der Waals surface area contributed by atoms with Crippen molar-refractivity contribution in [1.82, 2.24) is 0 Å². The lowest BCUT2D eigenvalue weighted by Gasteiger charge is -2.30. The lowest BCUT2D eigenvalue weighted by atomic mass is 10.1. The third-order valence-electron chi connectivity index (χ3n) is 3.80. The number of halogens is 1. The minimum atomic E-state index is -0.599. The molecule has 2 aromatic rings. The van der Waals surface area contributed by atoms with Crippen molar-refractivity contribution in [2.24, 2.45) is 0 Å². The molecule has 0 unspecified atom stereocenters. The van der Waals surface area contributed by atoms with Gasteiger partial charge in [0.15, 0.2) is 6.61 Å². The predicted molar refractivity (Wildman–Crippen MR) is 104 cm³/mol. The number of ether oxygens (including phenoxy) is 2. The van der Waals surface area contributed by atoms with Gasteiger partial charge in [0.1, 0.15) is 11.4 Å². The zero-order chi connectivity index (χ0) is 19.6. The Kier molecular flexibility index (Phi) is 5.28. The molecule has 2 amide bonds. The minimum Gasteiger partial charge on any atom is -0.482 e. The highest BCUT2D eigenvalue weighted by Crippen LogP contribution is 2.35. The van der Waals surface area contributed by atoms with Gasteiger partial charge in [-0.2, -0.15) is 0 Å². The van der Waals surface area contributed by atoms with Crippen LogP contribution in [0.1, 0.15) is 26.3 Å². The Balaban J connectivity index is 1.83. The van der Waals surface area contributed by atoms with E-state index in [0.717, 1.165) is 5.56 Å². The molecule has 0 saturated carbocycles. The molecule has 1 aliphatic heterocycles. The van der Waals surface area contributed by atoms with E-state index in [-0.39, 0.29) is 12.5 Å². The molecule has 0 radical (unpaired) electrons. The summed E-state index contributed by atoms with van der Waals surface area (Å²) in [5.74, 6) is 0.421. The summed E-state index contributed by atoms with van der Waals surface area (Å²) in [6.07, 6.45) is -0.560. The third kappa shape index (κ3) is 4.92. The van der Waals surface area contributed by atoms with Crippen LogP contribution >= 0.6 is 11.6 Å². The molecule has 0 spiro atoms. The van der Waals surface area contributed by atoms with Crippen LogP contribution < -0.4 is 15.0 Å². The van der Waals surface area contributed by atoms with E-state index in [9.17, 15) is 9.59 Å². The van der Waals surface area contributed by atoms with Crippen molar-refractivity contribution in [3.8, 4) is 5.75 Å². The maximum atomic E-state index is 12.4. The summed E-state index contributed by atoms with van der Waals surface area (Å²) in [5.41, 5.74) is 1.45. The second kappa shape index (κ2) is 7.48. The van der Waals surface area contributed by atoms with E-state index in [1.807, 2.05) is 12.1 Å². The SMILES string of the molecule is CC(C)(C)OC(=O)Nc1ccc2c(c1)N(Cc1ccc(Cl)cc1)C(=O)CO2. The molecule has 0 saturated heterocycles. The van der Waals surface area contributed by atoms with E-state index in [2.05, 4.69) is 5.32 Å². The lowest BCUT2D eigenvalue weighted by Crippen LogP contribution is -2.38. The number of hydrogen-bond donors (Lipinski definition) is 1. The number of nitrogens with one attached hydrogen (secondary N) is 1. The van der Waals surface area contributed by atoms with Crippen molar-refractivity contribution in [3.05, 3.63) is 53.1 Å². The largest absolute Gasteiger partial charge is 0.482 e. The van der Waals surface area contributed by atoms with Crippen molar-refractivity contribution < 1.29 is 19.1 Å². The van der Waals surface area contributed by atoms with Crippen molar-refractivity contribution in [2.75, 3.05) is 16.8 Å².